The van der Waals surface area contributed by atoms with Gasteiger partial charge in [-0.2, -0.15) is 0 Å². The largest absolute Gasteiger partial charge is 0.497 e. The predicted molar refractivity (Wildman–Crippen MR) is 189 cm³/mol. The summed E-state index contributed by atoms with van der Waals surface area (Å²) in [6.07, 6.45) is 2.53. The number of ketones is 1. The van der Waals surface area contributed by atoms with Crippen LogP contribution in [0.15, 0.2) is 85.1 Å². The van der Waals surface area contributed by atoms with Gasteiger partial charge in [-0.1, -0.05) is 58.0 Å². The van der Waals surface area contributed by atoms with Crippen LogP contribution in [0.4, 0.5) is 16.2 Å². The van der Waals surface area contributed by atoms with E-state index in [0.29, 0.717) is 52.8 Å². The summed E-state index contributed by atoms with van der Waals surface area (Å²) in [5.74, 6) is 2.15. The van der Waals surface area contributed by atoms with Gasteiger partial charge >= 0.3 is 6.03 Å². The Hall–Kier alpha value is -5.41. The quantitative estimate of drug-likeness (QED) is 0.123. The normalized spacial score (nSPS) is 11.2. The van der Waals surface area contributed by atoms with Crippen molar-refractivity contribution in [3.8, 4) is 23.0 Å². The van der Waals surface area contributed by atoms with Gasteiger partial charge in [-0.05, 0) is 64.6 Å². The summed E-state index contributed by atoms with van der Waals surface area (Å²) in [6, 6.07) is 23.8. The number of urea groups is 1. The molecule has 9 nitrogen and oxygen atoms in total. The highest BCUT2D eigenvalue weighted by Gasteiger charge is 2.23. The third-order valence-electron chi connectivity index (χ3n) is 8.01. The lowest BCUT2D eigenvalue weighted by molar-refractivity contribution is 0.0985. The van der Waals surface area contributed by atoms with Crippen LogP contribution in [0.1, 0.15) is 66.9 Å². The number of aromatic nitrogens is 1. The molecule has 0 spiro atoms. The maximum Gasteiger partial charge on any atom is 0.323 e. The molecule has 0 aliphatic rings. The standard InChI is InChI=1S/C39H41N3O6/c1-7-35(44)32-20-26(39(2,3)4)21-34(37(32)47-6)42-38(45)41-33-12-13-36(31-11-9-8-10-30(31)33)48-28-14-15-40-27(22-28)17-24-16-25(23-43)19-29(18-24)46-5/h8-16,18-22,43H,7,17,23H2,1-6H3,(H2,41,42,45). The van der Waals surface area contributed by atoms with Crippen LogP contribution in [0.2, 0.25) is 0 Å². The smallest absolute Gasteiger partial charge is 0.323 e. The molecule has 0 radical (unpaired) electrons. The summed E-state index contributed by atoms with van der Waals surface area (Å²) in [5, 5.41) is 17.1. The number of carbonyl (C=O) groups is 2. The van der Waals surface area contributed by atoms with Crippen LogP contribution in [0.5, 0.6) is 23.0 Å². The minimum atomic E-state index is -0.478. The number of methoxy groups -OCH3 is 2. The van der Waals surface area contributed by atoms with E-state index in [2.05, 4.69) is 36.4 Å². The number of Topliss-reactive ketones (excluding diaryl/α,β-unsaturated/α-hetero) is 1. The van der Waals surface area contributed by atoms with Gasteiger partial charge in [0.25, 0.3) is 0 Å². The fourth-order valence-corrected chi connectivity index (χ4v) is 5.51. The average molecular weight is 648 g/mol. The molecule has 0 saturated carbocycles. The maximum atomic E-state index is 13.4. The minimum absolute atomic E-state index is 0.0690. The second-order valence-corrected chi connectivity index (χ2v) is 12.5. The molecule has 9 heteroatoms. The number of carbonyl (C=O) groups excluding carboxylic acids is 2. The molecule has 0 unspecified atom stereocenters. The molecule has 4 aromatic carbocycles. The Labute approximate surface area is 280 Å². The van der Waals surface area contributed by atoms with Crippen LogP contribution >= 0.6 is 0 Å². The zero-order valence-electron chi connectivity index (χ0n) is 28.1. The minimum Gasteiger partial charge on any atom is -0.497 e. The van der Waals surface area contributed by atoms with Crippen molar-refractivity contribution in [3.63, 3.8) is 0 Å². The topological polar surface area (TPSA) is 119 Å². The number of aliphatic hydroxyl groups is 1. The number of nitrogens with zero attached hydrogens (tertiary/aromatic N) is 1. The molecule has 1 heterocycles. The highest BCUT2D eigenvalue weighted by molar-refractivity contribution is 6.09. The second kappa shape index (κ2) is 14.6. The number of amides is 2. The van der Waals surface area contributed by atoms with E-state index in [9.17, 15) is 14.7 Å². The van der Waals surface area contributed by atoms with Gasteiger partial charge in [0.1, 0.15) is 17.2 Å². The molecule has 3 N–H and O–H groups in total. The summed E-state index contributed by atoms with van der Waals surface area (Å²) < 4.78 is 17.4. The molecular formula is C39H41N3O6. The number of aliphatic hydroxyl groups excluding tert-OH is 1. The molecule has 1 aromatic heterocycles. The number of fused-ring (bicyclic) bond motifs is 1. The van der Waals surface area contributed by atoms with E-state index in [-0.39, 0.29) is 17.8 Å². The Morgan fingerprint density at radius 3 is 2.23 bits per heavy atom. The Balaban J connectivity index is 1.39. The van der Waals surface area contributed by atoms with Crippen molar-refractivity contribution < 1.29 is 28.9 Å². The number of ether oxygens (including phenoxy) is 3. The Morgan fingerprint density at radius 2 is 1.54 bits per heavy atom. The number of hydrogen-bond acceptors (Lipinski definition) is 7. The highest BCUT2D eigenvalue weighted by Crippen LogP contribution is 2.37. The van der Waals surface area contributed by atoms with Crippen molar-refractivity contribution in [3.05, 3.63) is 113 Å². The fourth-order valence-electron chi connectivity index (χ4n) is 5.51. The average Bonchev–Trinajstić information content (AvgIpc) is 3.08. The first-order valence-electron chi connectivity index (χ1n) is 15.8. The third kappa shape index (κ3) is 7.75. The molecule has 2 amide bonds. The van der Waals surface area contributed by atoms with Gasteiger partial charge < -0.3 is 30.0 Å². The monoisotopic (exact) mass is 647 g/mol. The Kier molecular flexibility index (Phi) is 10.3. The van der Waals surface area contributed by atoms with Gasteiger partial charge in [-0.3, -0.25) is 9.78 Å². The van der Waals surface area contributed by atoms with Crippen LogP contribution in [0.25, 0.3) is 10.8 Å². The van der Waals surface area contributed by atoms with E-state index in [1.807, 2.05) is 60.7 Å². The first-order valence-corrected chi connectivity index (χ1v) is 15.8. The second-order valence-electron chi connectivity index (χ2n) is 12.5. The van der Waals surface area contributed by atoms with Gasteiger partial charge in [0, 0.05) is 41.6 Å². The predicted octanol–water partition coefficient (Wildman–Crippen LogP) is 8.66. The van der Waals surface area contributed by atoms with Gasteiger partial charge in [-0.25, -0.2) is 4.79 Å². The van der Waals surface area contributed by atoms with E-state index in [4.69, 9.17) is 14.2 Å². The lowest BCUT2D eigenvalue weighted by Gasteiger charge is -2.23. The zero-order valence-corrected chi connectivity index (χ0v) is 28.1. The molecule has 248 valence electrons. The number of pyridine rings is 1. The summed E-state index contributed by atoms with van der Waals surface area (Å²) in [7, 11) is 3.09. The van der Waals surface area contributed by atoms with Crippen LogP contribution in [0.3, 0.4) is 0 Å². The van der Waals surface area contributed by atoms with Gasteiger partial charge in [0.2, 0.25) is 0 Å². The molecule has 0 bridgehead atoms. The van der Waals surface area contributed by atoms with Crippen molar-refractivity contribution in [2.75, 3.05) is 24.9 Å². The van der Waals surface area contributed by atoms with Crippen molar-refractivity contribution in [2.24, 2.45) is 0 Å². The van der Waals surface area contributed by atoms with Crippen LogP contribution in [-0.2, 0) is 18.4 Å². The van der Waals surface area contributed by atoms with Crippen molar-refractivity contribution in [1.29, 1.82) is 0 Å². The molecule has 48 heavy (non-hydrogen) atoms. The summed E-state index contributed by atoms with van der Waals surface area (Å²) in [5.41, 5.74) is 4.59. The first kappa shape index (κ1) is 33.9. The Bertz CT molecular complexity index is 1940. The molecule has 0 atom stereocenters. The number of anilines is 2. The van der Waals surface area contributed by atoms with Gasteiger partial charge in [-0.15, -0.1) is 0 Å². The highest BCUT2D eigenvalue weighted by atomic mass is 16.5. The number of nitrogens with one attached hydrogen (secondary N) is 2. The van der Waals surface area contributed by atoms with Crippen LogP contribution in [0, 0.1) is 0 Å². The van der Waals surface area contributed by atoms with E-state index < -0.39 is 6.03 Å². The van der Waals surface area contributed by atoms with E-state index >= 15 is 0 Å². The van der Waals surface area contributed by atoms with Gasteiger partial charge in [0.15, 0.2) is 11.5 Å². The maximum absolute atomic E-state index is 13.4. The fraction of sp³-hybridized carbons (Fsp3) is 0.256. The molecule has 5 aromatic rings. The van der Waals surface area contributed by atoms with Crippen molar-refractivity contribution >= 4 is 34.0 Å². The summed E-state index contributed by atoms with van der Waals surface area (Å²) in [4.78, 5) is 30.8. The lowest BCUT2D eigenvalue weighted by atomic mass is 9.85. The molecule has 0 saturated heterocycles. The molecule has 5 rings (SSSR count). The Morgan fingerprint density at radius 1 is 0.812 bits per heavy atom. The van der Waals surface area contributed by atoms with E-state index in [1.165, 1.54) is 7.11 Å². The molecule has 0 fully saturated rings. The number of hydrogen-bond donors (Lipinski definition) is 3. The lowest BCUT2D eigenvalue weighted by Crippen LogP contribution is -2.22. The van der Waals surface area contributed by atoms with E-state index in [1.54, 1.807) is 38.4 Å². The molecule has 0 aliphatic carbocycles. The summed E-state index contributed by atoms with van der Waals surface area (Å²) >= 11 is 0. The molecule has 0 aliphatic heterocycles. The first-order chi connectivity index (χ1) is 23.0. The molecular weight excluding hydrogens is 606 g/mol. The van der Waals surface area contributed by atoms with E-state index in [0.717, 1.165) is 33.2 Å². The van der Waals surface area contributed by atoms with Crippen molar-refractivity contribution in [2.45, 2.75) is 52.6 Å². The van der Waals surface area contributed by atoms with Crippen LogP contribution < -0.4 is 24.8 Å². The number of benzene rings is 4. The third-order valence-corrected chi connectivity index (χ3v) is 8.01. The van der Waals surface area contributed by atoms with Crippen molar-refractivity contribution in [1.82, 2.24) is 4.98 Å². The number of rotatable bonds is 11. The van der Waals surface area contributed by atoms with Crippen LogP contribution in [-0.4, -0.2) is 36.1 Å². The zero-order chi connectivity index (χ0) is 34.4. The van der Waals surface area contributed by atoms with Gasteiger partial charge in [0.05, 0.1) is 37.8 Å². The SMILES string of the molecule is CCC(=O)c1cc(C(C)(C)C)cc(NC(=O)Nc2ccc(Oc3ccnc(Cc4cc(CO)cc(OC)c4)c3)c3ccccc23)c1OC. The summed E-state index contributed by atoms with van der Waals surface area (Å²) in [6.45, 7) is 7.87.